The lowest BCUT2D eigenvalue weighted by Gasteiger charge is -2.05. The molecule has 0 radical (unpaired) electrons. The van der Waals surface area contributed by atoms with Crippen molar-refractivity contribution in [3.8, 4) is 0 Å². The van der Waals surface area contributed by atoms with Crippen LogP contribution >= 0.6 is 11.6 Å². The highest BCUT2D eigenvalue weighted by atomic mass is 35.5. The van der Waals surface area contributed by atoms with E-state index in [1.807, 2.05) is 27.1 Å². The van der Waals surface area contributed by atoms with Crippen molar-refractivity contribution in [1.82, 2.24) is 19.6 Å². The molecule has 86 valence electrons. The maximum atomic E-state index is 6.13. The maximum Gasteiger partial charge on any atom is 0.131 e. The Morgan fingerprint density at radius 3 is 2.62 bits per heavy atom. The van der Waals surface area contributed by atoms with Crippen LogP contribution in [0.15, 0.2) is 12.3 Å². The van der Waals surface area contributed by atoms with E-state index in [0.717, 1.165) is 17.1 Å². The third-order valence-electron chi connectivity index (χ3n) is 2.54. The van der Waals surface area contributed by atoms with E-state index >= 15 is 0 Å². The average molecular weight is 240 g/mol. The smallest absolute Gasteiger partial charge is 0.131 e. The number of hydrogen-bond donors (Lipinski definition) is 1. The monoisotopic (exact) mass is 239 g/mol. The summed E-state index contributed by atoms with van der Waals surface area (Å²) in [7, 11) is 3.73. The van der Waals surface area contributed by atoms with E-state index in [9.17, 15) is 0 Å². The molecule has 0 bridgehead atoms. The molecule has 0 atom stereocenters. The SMILES string of the molecule is Cc1nn(C)c(Cl)c1CNc1ccnn1C. The van der Waals surface area contributed by atoms with Crippen LogP contribution in [0.1, 0.15) is 11.3 Å². The van der Waals surface area contributed by atoms with Crippen molar-refractivity contribution in [2.75, 3.05) is 5.32 Å². The number of aromatic nitrogens is 4. The Morgan fingerprint density at radius 2 is 2.12 bits per heavy atom. The first-order chi connectivity index (χ1) is 7.59. The molecule has 0 aliphatic heterocycles. The second kappa shape index (κ2) is 4.17. The van der Waals surface area contributed by atoms with Gasteiger partial charge < -0.3 is 5.32 Å². The quantitative estimate of drug-likeness (QED) is 0.888. The van der Waals surface area contributed by atoms with Gasteiger partial charge in [-0.3, -0.25) is 9.36 Å². The summed E-state index contributed by atoms with van der Waals surface area (Å²) >= 11 is 6.13. The van der Waals surface area contributed by atoms with Crippen LogP contribution in [-0.4, -0.2) is 19.6 Å². The van der Waals surface area contributed by atoms with Crippen molar-refractivity contribution in [3.63, 3.8) is 0 Å². The summed E-state index contributed by atoms with van der Waals surface area (Å²) in [6.07, 6.45) is 1.75. The summed E-state index contributed by atoms with van der Waals surface area (Å²) in [6.45, 7) is 2.60. The minimum absolute atomic E-state index is 0.651. The molecule has 2 aromatic rings. The summed E-state index contributed by atoms with van der Waals surface area (Å²) in [5.74, 6) is 0.958. The third kappa shape index (κ3) is 1.90. The second-order valence-corrected chi connectivity index (χ2v) is 4.03. The fourth-order valence-electron chi connectivity index (χ4n) is 1.60. The Hall–Kier alpha value is -1.49. The summed E-state index contributed by atoms with van der Waals surface area (Å²) in [6, 6.07) is 1.92. The second-order valence-electron chi connectivity index (χ2n) is 3.67. The molecule has 0 fully saturated rings. The van der Waals surface area contributed by atoms with Gasteiger partial charge in [0, 0.05) is 32.3 Å². The van der Waals surface area contributed by atoms with E-state index in [4.69, 9.17) is 11.6 Å². The highest BCUT2D eigenvalue weighted by Gasteiger charge is 2.11. The van der Waals surface area contributed by atoms with Gasteiger partial charge in [-0.25, -0.2) is 0 Å². The fraction of sp³-hybridized carbons (Fsp3) is 0.400. The van der Waals surface area contributed by atoms with E-state index in [1.54, 1.807) is 15.6 Å². The molecular weight excluding hydrogens is 226 g/mol. The first-order valence-electron chi connectivity index (χ1n) is 4.99. The summed E-state index contributed by atoms with van der Waals surface area (Å²) < 4.78 is 3.46. The molecule has 0 aromatic carbocycles. The molecule has 5 nitrogen and oxygen atoms in total. The van der Waals surface area contributed by atoms with Gasteiger partial charge in [0.25, 0.3) is 0 Å². The molecule has 16 heavy (non-hydrogen) atoms. The van der Waals surface area contributed by atoms with E-state index in [1.165, 1.54) is 0 Å². The predicted molar refractivity (Wildman–Crippen MR) is 63.5 cm³/mol. The molecule has 0 aliphatic carbocycles. The van der Waals surface area contributed by atoms with Crippen molar-refractivity contribution in [2.45, 2.75) is 13.5 Å². The first-order valence-corrected chi connectivity index (χ1v) is 5.37. The van der Waals surface area contributed by atoms with Gasteiger partial charge in [-0.05, 0) is 6.92 Å². The van der Waals surface area contributed by atoms with Gasteiger partial charge in [0.05, 0.1) is 11.9 Å². The standard InChI is InChI=1S/C10H14ClN5/c1-7-8(10(11)16(3)14-7)6-12-9-4-5-13-15(9)2/h4-5,12H,6H2,1-3H3. The van der Waals surface area contributed by atoms with E-state index < -0.39 is 0 Å². The molecule has 0 spiro atoms. The van der Waals surface area contributed by atoms with E-state index in [2.05, 4.69) is 15.5 Å². The average Bonchev–Trinajstić information content (AvgIpc) is 2.72. The van der Waals surface area contributed by atoms with Crippen LogP contribution in [0, 0.1) is 6.92 Å². The third-order valence-corrected chi connectivity index (χ3v) is 3.01. The number of anilines is 1. The molecule has 1 N–H and O–H groups in total. The highest BCUT2D eigenvalue weighted by Crippen LogP contribution is 2.19. The number of halogens is 1. The van der Waals surface area contributed by atoms with Crippen LogP contribution in [-0.2, 0) is 20.6 Å². The van der Waals surface area contributed by atoms with Crippen LogP contribution in [0.25, 0.3) is 0 Å². The highest BCUT2D eigenvalue weighted by molar-refractivity contribution is 6.30. The number of rotatable bonds is 3. The minimum atomic E-state index is 0.651. The van der Waals surface area contributed by atoms with Crippen molar-refractivity contribution in [1.29, 1.82) is 0 Å². The molecule has 2 aromatic heterocycles. The normalized spacial score (nSPS) is 10.8. The van der Waals surface area contributed by atoms with Crippen molar-refractivity contribution < 1.29 is 0 Å². The lowest BCUT2D eigenvalue weighted by Crippen LogP contribution is -2.05. The molecule has 0 saturated heterocycles. The molecule has 6 heteroatoms. The van der Waals surface area contributed by atoms with Crippen molar-refractivity contribution in [3.05, 3.63) is 28.7 Å². The van der Waals surface area contributed by atoms with E-state index in [0.29, 0.717) is 11.7 Å². The van der Waals surface area contributed by atoms with Crippen LogP contribution in [0.5, 0.6) is 0 Å². The van der Waals surface area contributed by atoms with Gasteiger partial charge in [-0.15, -0.1) is 0 Å². The summed E-state index contributed by atoms with van der Waals surface area (Å²) in [5.41, 5.74) is 1.97. The number of nitrogens with one attached hydrogen (secondary N) is 1. The van der Waals surface area contributed by atoms with Crippen molar-refractivity contribution >= 4 is 17.4 Å². The zero-order valence-electron chi connectivity index (χ0n) is 9.53. The molecular formula is C10H14ClN5. The lowest BCUT2D eigenvalue weighted by atomic mass is 10.2. The maximum absolute atomic E-state index is 6.13. The number of hydrogen-bond acceptors (Lipinski definition) is 3. The Balaban J connectivity index is 2.13. The Morgan fingerprint density at radius 1 is 1.38 bits per heavy atom. The topological polar surface area (TPSA) is 47.7 Å². The zero-order chi connectivity index (χ0) is 11.7. The van der Waals surface area contributed by atoms with Gasteiger partial charge in [0.1, 0.15) is 11.0 Å². The molecule has 0 saturated carbocycles. The largest absolute Gasteiger partial charge is 0.366 e. The minimum Gasteiger partial charge on any atom is -0.366 e. The van der Waals surface area contributed by atoms with Gasteiger partial charge >= 0.3 is 0 Å². The molecule has 2 rings (SSSR count). The Bertz CT molecular complexity index is 499. The molecule has 0 unspecified atom stereocenters. The molecule has 2 heterocycles. The van der Waals surface area contributed by atoms with Gasteiger partial charge in [-0.2, -0.15) is 10.2 Å². The number of aryl methyl sites for hydroxylation is 3. The zero-order valence-corrected chi connectivity index (χ0v) is 10.3. The molecule has 0 aliphatic rings. The van der Waals surface area contributed by atoms with Crippen LogP contribution in [0.4, 0.5) is 5.82 Å². The van der Waals surface area contributed by atoms with E-state index in [-0.39, 0.29) is 0 Å². The summed E-state index contributed by atoms with van der Waals surface area (Å²) in [4.78, 5) is 0. The van der Waals surface area contributed by atoms with Crippen LogP contribution < -0.4 is 5.32 Å². The summed E-state index contributed by atoms with van der Waals surface area (Å²) in [5, 5.41) is 12.3. The van der Waals surface area contributed by atoms with Crippen LogP contribution in [0.3, 0.4) is 0 Å². The fourth-order valence-corrected chi connectivity index (χ4v) is 1.84. The Kier molecular flexibility index (Phi) is 2.87. The van der Waals surface area contributed by atoms with Crippen molar-refractivity contribution in [2.24, 2.45) is 14.1 Å². The Labute approximate surface area is 99.0 Å². The van der Waals surface area contributed by atoms with Gasteiger partial charge in [-0.1, -0.05) is 11.6 Å². The number of nitrogens with zero attached hydrogens (tertiary/aromatic N) is 4. The lowest BCUT2D eigenvalue weighted by molar-refractivity contribution is 0.757. The first kappa shape index (κ1) is 11.0. The van der Waals surface area contributed by atoms with Gasteiger partial charge in [0.2, 0.25) is 0 Å². The predicted octanol–water partition coefficient (Wildman–Crippen LogP) is 1.73. The van der Waals surface area contributed by atoms with Crippen LogP contribution in [0.2, 0.25) is 5.15 Å². The molecule has 0 amide bonds. The van der Waals surface area contributed by atoms with Gasteiger partial charge in [0.15, 0.2) is 0 Å².